The average molecular weight is 583 g/mol. The van der Waals surface area contributed by atoms with Crippen molar-refractivity contribution in [2.45, 2.75) is 26.3 Å². The molecule has 0 radical (unpaired) electrons. The Morgan fingerprint density at radius 2 is 1.61 bits per heavy atom. The van der Waals surface area contributed by atoms with E-state index in [0.717, 1.165) is 28.9 Å². The highest BCUT2D eigenvalue weighted by molar-refractivity contribution is 6.21. The predicted octanol–water partition coefficient (Wildman–Crippen LogP) is 7.65. The Hall–Kier alpha value is -5.07. The minimum atomic E-state index is -0.952. The SMILES string of the molecule is CC(=N)C(C(=Nc1ccccc1)c1ccccc1)C1C(=O)C(C(=C(C=C2C=CC=CC2)N(C)c2ccccc2)C(C)N)=C1O. The van der Waals surface area contributed by atoms with Crippen LogP contribution in [0.15, 0.2) is 155 Å². The highest BCUT2D eigenvalue weighted by Gasteiger charge is 2.49. The number of nitrogens with two attached hydrogens (primary N) is 1. The third kappa shape index (κ3) is 6.31. The van der Waals surface area contributed by atoms with E-state index in [1.54, 1.807) is 6.92 Å². The van der Waals surface area contributed by atoms with E-state index in [1.165, 1.54) is 0 Å². The van der Waals surface area contributed by atoms with Gasteiger partial charge in [0.1, 0.15) is 5.76 Å². The summed E-state index contributed by atoms with van der Waals surface area (Å²) in [5.74, 6) is -2.03. The number of nitrogens with one attached hydrogen (secondary N) is 1. The lowest BCUT2D eigenvalue weighted by Crippen LogP contribution is -2.46. The first-order valence-electron chi connectivity index (χ1n) is 14.8. The van der Waals surface area contributed by atoms with Crippen LogP contribution < -0.4 is 10.6 Å². The van der Waals surface area contributed by atoms with Crippen LogP contribution in [0.25, 0.3) is 0 Å². The summed E-state index contributed by atoms with van der Waals surface area (Å²) in [5.41, 5.74) is 12.4. The molecule has 222 valence electrons. The molecule has 6 nitrogen and oxygen atoms in total. The number of para-hydroxylation sites is 2. The van der Waals surface area contributed by atoms with Gasteiger partial charge in [-0.15, -0.1) is 0 Å². The van der Waals surface area contributed by atoms with Gasteiger partial charge in [0.2, 0.25) is 0 Å². The van der Waals surface area contributed by atoms with Crippen molar-refractivity contribution in [2.24, 2.45) is 22.6 Å². The summed E-state index contributed by atoms with van der Waals surface area (Å²) in [6.07, 6.45) is 10.9. The molecule has 2 aliphatic carbocycles. The molecule has 0 spiro atoms. The Morgan fingerprint density at radius 1 is 1.00 bits per heavy atom. The number of allylic oxidation sites excluding steroid dienone is 7. The van der Waals surface area contributed by atoms with E-state index in [9.17, 15) is 9.90 Å². The molecule has 5 rings (SSSR count). The van der Waals surface area contributed by atoms with Gasteiger partial charge in [-0.3, -0.25) is 9.79 Å². The number of aliphatic hydroxyl groups excluding tert-OH is 1. The quantitative estimate of drug-likeness (QED) is 0.214. The van der Waals surface area contributed by atoms with Crippen molar-refractivity contribution >= 4 is 28.6 Å². The molecule has 0 saturated heterocycles. The van der Waals surface area contributed by atoms with Gasteiger partial charge in [0, 0.05) is 35.8 Å². The highest BCUT2D eigenvalue weighted by Crippen LogP contribution is 2.43. The number of carbonyl (C=O) groups is 1. The number of aliphatic hydroxyl groups is 1. The molecule has 0 fully saturated rings. The zero-order valence-electron chi connectivity index (χ0n) is 25.3. The number of benzene rings is 3. The number of ketones is 1. The van der Waals surface area contributed by atoms with E-state index in [4.69, 9.17) is 16.1 Å². The van der Waals surface area contributed by atoms with Crippen molar-refractivity contribution in [3.05, 3.63) is 155 Å². The Labute approximate surface area is 259 Å². The van der Waals surface area contributed by atoms with Crippen molar-refractivity contribution in [3.8, 4) is 0 Å². The van der Waals surface area contributed by atoms with Crippen molar-refractivity contribution < 1.29 is 9.90 Å². The maximum atomic E-state index is 14.3. The summed E-state index contributed by atoms with van der Waals surface area (Å²) in [6.45, 7) is 3.49. The van der Waals surface area contributed by atoms with Gasteiger partial charge >= 0.3 is 0 Å². The van der Waals surface area contributed by atoms with E-state index >= 15 is 0 Å². The molecule has 0 amide bonds. The summed E-state index contributed by atoms with van der Waals surface area (Å²) < 4.78 is 0. The molecule has 3 aromatic carbocycles. The first kappa shape index (κ1) is 30.4. The molecule has 3 unspecified atom stereocenters. The van der Waals surface area contributed by atoms with Crippen LogP contribution in [0.2, 0.25) is 0 Å². The number of carbonyl (C=O) groups excluding carboxylic acids is 1. The maximum absolute atomic E-state index is 14.3. The molecule has 0 bridgehead atoms. The summed E-state index contributed by atoms with van der Waals surface area (Å²) in [5, 5.41) is 20.6. The van der Waals surface area contributed by atoms with Gasteiger partial charge in [-0.05, 0) is 61.7 Å². The predicted molar refractivity (Wildman–Crippen MR) is 181 cm³/mol. The third-order valence-electron chi connectivity index (χ3n) is 7.99. The number of likely N-dealkylation sites (N-methyl/N-ethyl adjacent to an activating group) is 1. The van der Waals surface area contributed by atoms with E-state index in [1.807, 2.05) is 134 Å². The van der Waals surface area contributed by atoms with Crippen LogP contribution in [0.1, 0.15) is 25.8 Å². The van der Waals surface area contributed by atoms with Crippen molar-refractivity contribution in [3.63, 3.8) is 0 Å². The first-order valence-corrected chi connectivity index (χ1v) is 14.8. The molecule has 6 heteroatoms. The van der Waals surface area contributed by atoms with Gasteiger partial charge in [-0.2, -0.15) is 0 Å². The first-order chi connectivity index (χ1) is 21.3. The van der Waals surface area contributed by atoms with Gasteiger partial charge in [0.15, 0.2) is 5.78 Å². The van der Waals surface area contributed by atoms with Crippen LogP contribution in [0.4, 0.5) is 11.4 Å². The zero-order valence-corrected chi connectivity index (χ0v) is 25.3. The Kier molecular flexibility index (Phi) is 9.32. The number of hydrogen-bond donors (Lipinski definition) is 3. The molecular formula is C38H38N4O2. The summed E-state index contributed by atoms with van der Waals surface area (Å²) in [4.78, 5) is 21.2. The number of Topliss-reactive ketones (excluding diaryl/α,β-unsaturated/α-hetero) is 1. The fourth-order valence-electron chi connectivity index (χ4n) is 5.79. The molecule has 44 heavy (non-hydrogen) atoms. The molecule has 2 aliphatic rings. The number of aliphatic imine (C=N–C) groups is 1. The van der Waals surface area contributed by atoms with Crippen LogP contribution in [0.5, 0.6) is 0 Å². The Balaban J connectivity index is 1.67. The van der Waals surface area contributed by atoms with Crippen molar-refractivity contribution in [1.82, 2.24) is 0 Å². The second-order valence-corrected chi connectivity index (χ2v) is 11.2. The van der Waals surface area contributed by atoms with E-state index < -0.39 is 17.9 Å². The fraction of sp³-hybridized carbons (Fsp3) is 0.184. The lowest BCUT2D eigenvalue weighted by molar-refractivity contribution is -0.122. The molecule has 0 aliphatic heterocycles. The zero-order chi connectivity index (χ0) is 31.2. The highest BCUT2D eigenvalue weighted by atomic mass is 16.3. The molecule has 0 aromatic heterocycles. The molecule has 0 heterocycles. The molecule has 0 saturated carbocycles. The monoisotopic (exact) mass is 582 g/mol. The van der Waals surface area contributed by atoms with Crippen molar-refractivity contribution in [1.29, 1.82) is 5.41 Å². The second kappa shape index (κ2) is 13.5. The van der Waals surface area contributed by atoms with E-state index in [0.29, 0.717) is 17.0 Å². The van der Waals surface area contributed by atoms with Gasteiger partial charge in [-0.25, -0.2) is 0 Å². The normalized spacial score (nSPS) is 19.4. The van der Waals surface area contributed by atoms with Gasteiger partial charge in [0.25, 0.3) is 0 Å². The number of nitrogens with zero attached hydrogens (tertiary/aromatic N) is 2. The lowest BCUT2D eigenvalue weighted by Gasteiger charge is -2.38. The van der Waals surface area contributed by atoms with Crippen LogP contribution in [-0.4, -0.2) is 35.4 Å². The fourth-order valence-corrected chi connectivity index (χ4v) is 5.79. The molecule has 3 atom stereocenters. The van der Waals surface area contributed by atoms with Crippen LogP contribution >= 0.6 is 0 Å². The maximum Gasteiger partial charge on any atom is 0.178 e. The minimum Gasteiger partial charge on any atom is -0.511 e. The lowest BCUT2D eigenvalue weighted by atomic mass is 9.67. The number of rotatable bonds is 10. The number of hydrogen-bond acceptors (Lipinski definition) is 6. The Morgan fingerprint density at radius 3 is 2.16 bits per heavy atom. The standard InChI is InChI=1S/C38H38N4O2/c1-25(39)32(31(24-27-16-8-4-9-17-27)42(3)30-22-14-7-15-23-30)34-37(43)35(38(34)44)33(26(2)40)36(28-18-10-5-11-19-28)41-29-20-12-6-13-21-29/h4-16,18-25,33,35,40,43H,17,39H2,1-3H3. The molecule has 4 N–H and O–H groups in total. The van der Waals surface area contributed by atoms with E-state index in [-0.39, 0.29) is 22.8 Å². The largest absolute Gasteiger partial charge is 0.511 e. The van der Waals surface area contributed by atoms with Gasteiger partial charge in [-0.1, -0.05) is 91.0 Å². The molecular weight excluding hydrogens is 544 g/mol. The van der Waals surface area contributed by atoms with Crippen LogP contribution in [0.3, 0.4) is 0 Å². The van der Waals surface area contributed by atoms with Crippen LogP contribution in [0, 0.1) is 17.2 Å². The topological polar surface area (TPSA) is 103 Å². The minimum absolute atomic E-state index is 0.0629. The molecule has 3 aromatic rings. The summed E-state index contributed by atoms with van der Waals surface area (Å²) >= 11 is 0. The Bertz CT molecular complexity index is 1710. The average Bonchev–Trinajstić information content (AvgIpc) is 3.05. The second-order valence-electron chi connectivity index (χ2n) is 11.2. The van der Waals surface area contributed by atoms with E-state index in [2.05, 4.69) is 6.08 Å². The smallest absolute Gasteiger partial charge is 0.178 e. The van der Waals surface area contributed by atoms with Crippen molar-refractivity contribution in [2.75, 3.05) is 11.9 Å². The van der Waals surface area contributed by atoms with Gasteiger partial charge < -0.3 is 21.1 Å². The summed E-state index contributed by atoms with van der Waals surface area (Å²) in [7, 11) is 1.94. The summed E-state index contributed by atoms with van der Waals surface area (Å²) in [6, 6.07) is 28.3. The number of anilines is 1. The van der Waals surface area contributed by atoms with Gasteiger partial charge in [0.05, 0.1) is 28.8 Å². The van der Waals surface area contributed by atoms with Crippen LogP contribution in [-0.2, 0) is 4.79 Å². The third-order valence-corrected chi connectivity index (χ3v) is 7.99.